The highest BCUT2D eigenvalue weighted by Crippen LogP contribution is 2.38. The first-order chi connectivity index (χ1) is 10.6. The van der Waals surface area contributed by atoms with Crippen LogP contribution < -0.4 is 5.32 Å². The summed E-state index contributed by atoms with van der Waals surface area (Å²) in [6, 6.07) is 2.20. The van der Waals surface area contributed by atoms with Gasteiger partial charge >= 0.3 is 0 Å². The number of morpholine rings is 1. The Bertz CT molecular complexity index is 662. The smallest absolute Gasteiger partial charge is 0.223 e. The van der Waals surface area contributed by atoms with Crippen molar-refractivity contribution in [1.29, 1.82) is 0 Å². The third kappa shape index (κ3) is 3.88. The van der Waals surface area contributed by atoms with Gasteiger partial charge in [0.05, 0.1) is 28.0 Å². The number of carbonyl (C=O) groups is 1. The van der Waals surface area contributed by atoms with Gasteiger partial charge in [0.15, 0.2) is 5.13 Å². The molecule has 1 N–H and O–H groups in total. The second-order valence-corrected chi connectivity index (χ2v) is 8.21. The van der Waals surface area contributed by atoms with Crippen LogP contribution in [-0.4, -0.2) is 41.5 Å². The predicted octanol–water partition coefficient (Wildman–Crippen LogP) is 3.48. The maximum Gasteiger partial charge on any atom is 0.223 e. The number of anilines is 1. The predicted molar refractivity (Wildman–Crippen MR) is 92.7 cm³/mol. The Kier molecular flexibility index (Phi) is 5.14. The maximum absolute atomic E-state index is 11.1. The van der Waals surface area contributed by atoms with Crippen LogP contribution in [0.2, 0.25) is 0 Å². The van der Waals surface area contributed by atoms with Gasteiger partial charge in [-0.2, -0.15) is 0 Å². The summed E-state index contributed by atoms with van der Waals surface area (Å²) in [6.45, 7) is 7.01. The summed E-state index contributed by atoms with van der Waals surface area (Å²) in [5.74, 6) is -0.0887. The number of hydrogen-bond donors (Lipinski definition) is 1. The lowest BCUT2D eigenvalue weighted by molar-refractivity contribution is -0.114. The minimum Gasteiger partial charge on any atom is -0.379 e. The molecule has 5 nitrogen and oxygen atoms in total. The molecule has 2 aromatic rings. The first-order valence-electron chi connectivity index (χ1n) is 6.96. The number of aryl methyl sites for hydroxylation is 1. The molecule has 3 heterocycles. The number of hydrogen-bond acceptors (Lipinski definition) is 7. The molecule has 0 aromatic carbocycles. The van der Waals surface area contributed by atoms with Gasteiger partial charge in [0.1, 0.15) is 0 Å². The van der Waals surface area contributed by atoms with Crippen molar-refractivity contribution in [2.45, 2.75) is 18.1 Å². The Balaban J connectivity index is 1.72. The summed E-state index contributed by atoms with van der Waals surface area (Å²) in [5, 5.41) is 5.57. The van der Waals surface area contributed by atoms with Crippen LogP contribution in [0.25, 0.3) is 10.4 Å². The average molecular weight is 356 g/mol. The van der Waals surface area contributed by atoms with Gasteiger partial charge in [-0.05, 0) is 24.9 Å². The van der Waals surface area contributed by atoms with E-state index in [4.69, 9.17) is 4.74 Å². The molecule has 1 aliphatic heterocycles. The molecular weight excluding hydrogens is 338 g/mol. The van der Waals surface area contributed by atoms with Crippen molar-refractivity contribution in [3.63, 3.8) is 0 Å². The lowest BCUT2D eigenvalue weighted by atomic mass is 10.2. The minimum absolute atomic E-state index is 0.0887. The number of ether oxygens (including phenoxy) is 1. The zero-order chi connectivity index (χ0) is 15.5. The van der Waals surface area contributed by atoms with E-state index in [0.717, 1.165) is 36.9 Å². The van der Waals surface area contributed by atoms with Gasteiger partial charge in [-0.15, -0.1) is 11.3 Å². The lowest BCUT2D eigenvalue weighted by Gasteiger charge is -2.24. The molecule has 0 aliphatic carbocycles. The SMILES string of the molecule is CC(=O)Nc1nc(C)c(-c2csc(SN3CCOCC3)c2)s1. The van der Waals surface area contributed by atoms with E-state index in [1.165, 1.54) is 28.0 Å². The van der Waals surface area contributed by atoms with Crippen molar-refractivity contribution in [3.8, 4) is 10.4 Å². The number of aromatic nitrogens is 1. The highest BCUT2D eigenvalue weighted by Gasteiger charge is 2.16. The molecular formula is C14H17N3O2S3. The van der Waals surface area contributed by atoms with Gasteiger partial charge in [0, 0.05) is 31.0 Å². The molecule has 118 valence electrons. The topological polar surface area (TPSA) is 54.5 Å². The van der Waals surface area contributed by atoms with E-state index >= 15 is 0 Å². The number of amides is 1. The van der Waals surface area contributed by atoms with Gasteiger partial charge in [0.25, 0.3) is 0 Å². The highest BCUT2D eigenvalue weighted by molar-refractivity contribution is 7.98. The van der Waals surface area contributed by atoms with Gasteiger partial charge in [-0.25, -0.2) is 9.29 Å². The van der Waals surface area contributed by atoms with E-state index in [1.54, 1.807) is 23.3 Å². The number of thiophene rings is 1. The molecule has 1 saturated heterocycles. The summed E-state index contributed by atoms with van der Waals surface area (Å²) in [5.41, 5.74) is 2.13. The molecule has 3 rings (SSSR count). The highest BCUT2D eigenvalue weighted by atomic mass is 32.2. The average Bonchev–Trinajstić information content (AvgIpc) is 3.06. The van der Waals surface area contributed by atoms with Crippen molar-refractivity contribution in [2.24, 2.45) is 0 Å². The molecule has 8 heteroatoms. The second-order valence-electron chi connectivity index (χ2n) is 4.90. The zero-order valence-electron chi connectivity index (χ0n) is 12.4. The summed E-state index contributed by atoms with van der Waals surface area (Å²) < 4.78 is 8.97. The van der Waals surface area contributed by atoms with Crippen LogP contribution in [0.5, 0.6) is 0 Å². The van der Waals surface area contributed by atoms with Crippen LogP contribution in [0.3, 0.4) is 0 Å². The molecule has 0 unspecified atom stereocenters. The first-order valence-corrected chi connectivity index (χ1v) is 9.43. The van der Waals surface area contributed by atoms with E-state index in [9.17, 15) is 4.79 Å². The Morgan fingerprint density at radius 1 is 1.45 bits per heavy atom. The van der Waals surface area contributed by atoms with Crippen LogP contribution in [0.1, 0.15) is 12.6 Å². The Labute approximate surface area is 141 Å². The fourth-order valence-corrected chi connectivity index (χ4v) is 5.21. The van der Waals surface area contributed by atoms with E-state index in [0.29, 0.717) is 5.13 Å². The minimum atomic E-state index is -0.0887. The van der Waals surface area contributed by atoms with Crippen LogP contribution in [0.15, 0.2) is 15.7 Å². The second kappa shape index (κ2) is 7.10. The molecule has 0 saturated carbocycles. The van der Waals surface area contributed by atoms with Crippen LogP contribution in [0, 0.1) is 6.92 Å². The van der Waals surface area contributed by atoms with Crippen molar-refractivity contribution >= 4 is 45.7 Å². The van der Waals surface area contributed by atoms with Crippen LogP contribution in [0.4, 0.5) is 5.13 Å². The lowest BCUT2D eigenvalue weighted by Crippen LogP contribution is -2.30. The third-order valence-electron chi connectivity index (χ3n) is 3.11. The monoisotopic (exact) mass is 355 g/mol. The van der Waals surface area contributed by atoms with Crippen LogP contribution >= 0.6 is 34.6 Å². The quantitative estimate of drug-likeness (QED) is 0.851. The number of nitrogens with one attached hydrogen (secondary N) is 1. The Morgan fingerprint density at radius 2 is 2.23 bits per heavy atom. The fraction of sp³-hybridized carbons (Fsp3) is 0.429. The van der Waals surface area contributed by atoms with E-state index in [1.807, 2.05) is 6.92 Å². The third-order valence-corrected chi connectivity index (χ3v) is 6.38. The van der Waals surface area contributed by atoms with Crippen molar-refractivity contribution in [2.75, 3.05) is 31.6 Å². The number of nitrogens with zero attached hydrogens (tertiary/aromatic N) is 2. The molecule has 22 heavy (non-hydrogen) atoms. The summed E-state index contributed by atoms with van der Waals surface area (Å²) >= 11 is 5.05. The number of thiazole rings is 1. The standard InChI is InChI=1S/C14H17N3O2S3/c1-9-13(21-14(15-9)16-10(2)18)11-7-12(20-8-11)22-17-3-5-19-6-4-17/h7-8H,3-6H2,1-2H3,(H,15,16,18). The van der Waals surface area contributed by atoms with Crippen molar-refractivity contribution in [1.82, 2.24) is 9.29 Å². The van der Waals surface area contributed by atoms with Crippen molar-refractivity contribution < 1.29 is 9.53 Å². The zero-order valence-corrected chi connectivity index (χ0v) is 14.9. The molecule has 1 amide bonds. The molecule has 1 aliphatic rings. The van der Waals surface area contributed by atoms with Gasteiger partial charge in [-0.1, -0.05) is 11.3 Å². The molecule has 0 atom stereocenters. The Hall–Kier alpha value is -0.930. The number of rotatable bonds is 4. The molecule has 0 spiro atoms. The Morgan fingerprint density at radius 3 is 2.95 bits per heavy atom. The fourth-order valence-electron chi connectivity index (χ4n) is 2.12. The summed E-state index contributed by atoms with van der Waals surface area (Å²) in [7, 11) is 0. The van der Waals surface area contributed by atoms with Gasteiger partial charge in [-0.3, -0.25) is 4.79 Å². The largest absolute Gasteiger partial charge is 0.379 e. The first kappa shape index (κ1) is 15.9. The molecule has 0 radical (unpaired) electrons. The molecule has 1 fully saturated rings. The summed E-state index contributed by atoms with van der Waals surface area (Å²) in [4.78, 5) is 16.7. The van der Waals surface area contributed by atoms with Crippen LogP contribution in [-0.2, 0) is 9.53 Å². The van der Waals surface area contributed by atoms with E-state index in [-0.39, 0.29) is 5.91 Å². The summed E-state index contributed by atoms with van der Waals surface area (Å²) in [6.07, 6.45) is 0. The normalized spacial score (nSPS) is 15.9. The van der Waals surface area contributed by atoms with Gasteiger partial charge in [0.2, 0.25) is 5.91 Å². The maximum atomic E-state index is 11.1. The molecule has 2 aromatic heterocycles. The van der Waals surface area contributed by atoms with Crippen molar-refractivity contribution in [3.05, 3.63) is 17.1 Å². The van der Waals surface area contributed by atoms with E-state index in [2.05, 4.69) is 26.1 Å². The number of carbonyl (C=O) groups excluding carboxylic acids is 1. The van der Waals surface area contributed by atoms with Gasteiger partial charge < -0.3 is 10.1 Å². The van der Waals surface area contributed by atoms with E-state index < -0.39 is 0 Å². The molecule has 0 bridgehead atoms.